The van der Waals surface area contributed by atoms with Crippen LogP contribution >= 0.6 is 0 Å². The predicted molar refractivity (Wildman–Crippen MR) is 248 cm³/mol. The van der Waals surface area contributed by atoms with Crippen LogP contribution in [0.2, 0.25) is 0 Å². The van der Waals surface area contributed by atoms with Crippen molar-refractivity contribution in [1.29, 1.82) is 0 Å². The molecule has 0 radical (unpaired) electrons. The lowest BCUT2D eigenvalue weighted by Gasteiger charge is -2.13. The van der Waals surface area contributed by atoms with E-state index in [9.17, 15) is 0 Å². The van der Waals surface area contributed by atoms with Crippen LogP contribution in [0.4, 0.5) is 0 Å². The van der Waals surface area contributed by atoms with E-state index in [0.29, 0.717) is 17.6 Å². The quantitative estimate of drug-likeness (QED) is 0.169. The van der Waals surface area contributed by atoms with Crippen LogP contribution < -0.4 is 0 Å². The molecule has 0 saturated heterocycles. The third-order valence-electron chi connectivity index (χ3n) is 11.8. The van der Waals surface area contributed by atoms with E-state index in [2.05, 4.69) is 185 Å². The summed E-state index contributed by atoms with van der Waals surface area (Å²) >= 11 is 0. The van der Waals surface area contributed by atoms with E-state index in [4.69, 9.17) is 15.0 Å². The fourth-order valence-electron chi connectivity index (χ4n) is 9.04. The number of nitrogens with zero attached hydrogens (tertiary/aromatic N) is 5. The average molecular weight is 766 g/mol. The Morgan fingerprint density at radius 2 is 0.833 bits per heavy atom. The van der Waals surface area contributed by atoms with Crippen LogP contribution in [0, 0.1) is 0 Å². The molecule has 0 aliphatic carbocycles. The van der Waals surface area contributed by atoms with Crippen LogP contribution in [-0.4, -0.2) is 24.1 Å². The third-order valence-corrected chi connectivity index (χ3v) is 11.8. The molecule has 0 N–H and O–H groups in total. The summed E-state index contributed by atoms with van der Waals surface area (Å²) in [4.78, 5) is 15.7. The molecule has 0 saturated carbocycles. The van der Waals surface area contributed by atoms with Crippen molar-refractivity contribution in [2.45, 2.75) is 0 Å². The standard InChI is InChI=1S/C55H35N5/c1-5-17-36(18-6-1)39-29-31-45-50(34-39)60(55-57-53(37-19-7-2-8-20-37)56-54(58-55)38-21-9-3-10-22-38)51-35-46(42-25-13-14-27-44(42)52(45)51)40-30-32-49-47(33-40)43-26-15-16-28-48(43)59(49)41-23-11-4-12-24-41/h1-35H. The zero-order valence-corrected chi connectivity index (χ0v) is 32.4. The minimum Gasteiger partial charge on any atom is -0.309 e. The van der Waals surface area contributed by atoms with Gasteiger partial charge in [0.05, 0.1) is 22.1 Å². The molecule has 9 aromatic carbocycles. The summed E-state index contributed by atoms with van der Waals surface area (Å²) in [5.41, 5.74) is 12.0. The summed E-state index contributed by atoms with van der Waals surface area (Å²) in [5.74, 6) is 1.81. The zero-order chi connectivity index (χ0) is 39.6. The molecular weight excluding hydrogens is 731 g/mol. The third kappa shape index (κ3) is 5.44. The number of para-hydroxylation sites is 2. The molecule has 12 aromatic rings. The highest BCUT2D eigenvalue weighted by Gasteiger charge is 2.22. The van der Waals surface area contributed by atoms with Gasteiger partial charge in [0.25, 0.3) is 0 Å². The molecule has 0 atom stereocenters. The van der Waals surface area contributed by atoms with E-state index in [1.165, 1.54) is 32.6 Å². The Morgan fingerprint density at radius 1 is 0.283 bits per heavy atom. The molecule has 280 valence electrons. The van der Waals surface area contributed by atoms with Crippen molar-refractivity contribution >= 4 is 54.4 Å². The summed E-state index contributed by atoms with van der Waals surface area (Å²) < 4.78 is 4.63. The summed E-state index contributed by atoms with van der Waals surface area (Å²) in [7, 11) is 0. The molecule has 0 bridgehead atoms. The summed E-state index contributed by atoms with van der Waals surface area (Å²) in [5, 5.41) is 7.09. The fourth-order valence-corrected chi connectivity index (χ4v) is 9.04. The monoisotopic (exact) mass is 765 g/mol. The van der Waals surface area contributed by atoms with Crippen molar-refractivity contribution in [3.05, 3.63) is 212 Å². The Hall–Kier alpha value is -8.15. The van der Waals surface area contributed by atoms with E-state index in [1.807, 2.05) is 36.4 Å². The van der Waals surface area contributed by atoms with E-state index >= 15 is 0 Å². The van der Waals surface area contributed by atoms with E-state index in [1.54, 1.807) is 0 Å². The van der Waals surface area contributed by atoms with Gasteiger partial charge in [0.1, 0.15) is 0 Å². The maximum Gasteiger partial charge on any atom is 0.238 e. The summed E-state index contributed by atoms with van der Waals surface area (Å²) in [6.45, 7) is 0. The minimum atomic E-state index is 0.565. The van der Waals surface area contributed by atoms with Gasteiger partial charge in [0.15, 0.2) is 11.6 Å². The van der Waals surface area contributed by atoms with Crippen LogP contribution in [0.25, 0.3) is 111 Å². The van der Waals surface area contributed by atoms with E-state index in [-0.39, 0.29) is 0 Å². The molecule has 0 spiro atoms. The first-order valence-electron chi connectivity index (χ1n) is 20.3. The number of hydrogen-bond acceptors (Lipinski definition) is 3. The van der Waals surface area contributed by atoms with Crippen molar-refractivity contribution in [3.8, 4) is 56.7 Å². The second kappa shape index (κ2) is 13.8. The molecule has 0 unspecified atom stereocenters. The maximum atomic E-state index is 5.30. The second-order valence-corrected chi connectivity index (χ2v) is 15.2. The van der Waals surface area contributed by atoms with Crippen LogP contribution in [0.15, 0.2) is 212 Å². The van der Waals surface area contributed by atoms with Gasteiger partial charge in [-0.1, -0.05) is 170 Å². The topological polar surface area (TPSA) is 48.5 Å². The highest BCUT2D eigenvalue weighted by molar-refractivity contribution is 6.25. The highest BCUT2D eigenvalue weighted by atomic mass is 15.2. The lowest BCUT2D eigenvalue weighted by Crippen LogP contribution is -2.06. The van der Waals surface area contributed by atoms with Gasteiger partial charge in [0.2, 0.25) is 5.95 Å². The first-order chi connectivity index (χ1) is 29.8. The number of rotatable bonds is 6. The van der Waals surface area contributed by atoms with Gasteiger partial charge in [-0.3, -0.25) is 4.57 Å². The average Bonchev–Trinajstić information content (AvgIpc) is 3.84. The largest absolute Gasteiger partial charge is 0.309 e. The first-order valence-corrected chi connectivity index (χ1v) is 20.3. The minimum absolute atomic E-state index is 0.565. The van der Waals surface area contributed by atoms with E-state index in [0.717, 1.165) is 60.9 Å². The first kappa shape index (κ1) is 33.9. The lowest BCUT2D eigenvalue weighted by atomic mass is 9.93. The summed E-state index contributed by atoms with van der Waals surface area (Å²) in [6, 6.07) is 75.2. The van der Waals surface area contributed by atoms with Crippen molar-refractivity contribution in [3.63, 3.8) is 0 Å². The molecule has 5 heteroatoms. The Balaban J connectivity index is 1.18. The van der Waals surface area contributed by atoms with Crippen LogP contribution in [0.3, 0.4) is 0 Å². The molecule has 0 aliphatic heterocycles. The Morgan fingerprint density at radius 3 is 1.52 bits per heavy atom. The normalized spacial score (nSPS) is 11.7. The van der Waals surface area contributed by atoms with Crippen LogP contribution in [0.1, 0.15) is 0 Å². The number of benzene rings is 9. The Kier molecular flexibility index (Phi) is 7.78. The van der Waals surface area contributed by atoms with E-state index < -0.39 is 0 Å². The number of fused-ring (bicyclic) bond motifs is 8. The molecule has 3 aromatic heterocycles. The molecule has 3 heterocycles. The smallest absolute Gasteiger partial charge is 0.238 e. The van der Waals surface area contributed by atoms with Gasteiger partial charge >= 0.3 is 0 Å². The molecule has 0 amide bonds. The fraction of sp³-hybridized carbons (Fsp3) is 0. The molecule has 60 heavy (non-hydrogen) atoms. The Labute approximate surface area is 346 Å². The van der Waals surface area contributed by atoms with Gasteiger partial charge in [-0.25, -0.2) is 4.98 Å². The number of aromatic nitrogens is 5. The van der Waals surface area contributed by atoms with Gasteiger partial charge < -0.3 is 4.57 Å². The Bertz CT molecular complexity index is 3520. The maximum absolute atomic E-state index is 5.30. The molecular formula is C55H35N5. The lowest BCUT2D eigenvalue weighted by molar-refractivity contribution is 0.954. The van der Waals surface area contributed by atoms with Gasteiger partial charge in [-0.2, -0.15) is 9.97 Å². The zero-order valence-electron chi connectivity index (χ0n) is 32.4. The molecule has 5 nitrogen and oxygen atoms in total. The number of hydrogen-bond donors (Lipinski definition) is 0. The van der Waals surface area contributed by atoms with Gasteiger partial charge in [-0.15, -0.1) is 0 Å². The molecule has 0 aliphatic rings. The van der Waals surface area contributed by atoms with Crippen molar-refractivity contribution in [2.24, 2.45) is 0 Å². The van der Waals surface area contributed by atoms with Crippen molar-refractivity contribution in [2.75, 3.05) is 0 Å². The SMILES string of the molecule is c1ccc(-c2ccc3c4c5ccccc5c(-c5ccc6c(c5)c5ccccc5n6-c5ccccc5)cc4n(-c4nc(-c5ccccc5)nc(-c5ccccc5)n4)c3c2)cc1. The van der Waals surface area contributed by atoms with Crippen LogP contribution in [0.5, 0.6) is 0 Å². The van der Waals surface area contributed by atoms with Crippen LogP contribution in [-0.2, 0) is 0 Å². The molecule has 12 rings (SSSR count). The van der Waals surface area contributed by atoms with Gasteiger partial charge in [-0.05, 0) is 75.5 Å². The second-order valence-electron chi connectivity index (χ2n) is 15.2. The summed E-state index contributed by atoms with van der Waals surface area (Å²) in [6.07, 6.45) is 0. The van der Waals surface area contributed by atoms with Crippen molar-refractivity contribution < 1.29 is 0 Å². The highest BCUT2D eigenvalue weighted by Crippen LogP contribution is 2.44. The molecule has 0 fully saturated rings. The van der Waals surface area contributed by atoms with Gasteiger partial charge in [0, 0.05) is 38.4 Å². The predicted octanol–water partition coefficient (Wildman–Crippen LogP) is 13.9. The van der Waals surface area contributed by atoms with Crippen molar-refractivity contribution in [1.82, 2.24) is 24.1 Å².